The molecular weight excluding hydrogens is 513 g/mol. The van der Waals surface area contributed by atoms with Crippen LogP contribution in [0.3, 0.4) is 0 Å². The molecular formula is C30H25F3O4S. The van der Waals surface area contributed by atoms with Crippen molar-refractivity contribution in [1.29, 1.82) is 0 Å². The Morgan fingerprint density at radius 1 is 0.895 bits per heavy atom. The van der Waals surface area contributed by atoms with Gasteiger partial charge in [0.05, 0.1) is 12.2 Å². The van der Waals surface area contributed by atoms with Gasteiger partial charge >= 0.3 is 18.1 Å². The largest absolute Gasteiger partial charge is 0.462 e. The molecule has 0 saturated carbocycles. The van der Waals surface area contributed by atoms with Crippen LogP contribution in [-0.4, -0.2) is 18.5 Å². The molecule has 1 aromatic heterocycles. The van der Waals surface area contributed by atoms with Crippen LogP contribution < -0.4 is 4.74 Å². The summed E-state index contributed by atoms with van der Waals surface area (Å²) in [5, 5.41) is 1.14. The summed E-state index contributed by atoms with van der Waals surface area (Å²) in [6.07, 6.45) is -3.39. The molecule has 4 rings (SSSR count). The molecule has 0 bridgehead atoms. The topological polar surface area (TPSA) is 52.6 Å². The van der Waals surface area contributed by atoms with Crippen LogP contribution in [0.15, 0.2) is 78.9 Å². The third-order valence-electron chi connectivity index (χ3n) is 5.91. The van der Waals surface area contributed by atoms with Crippen molar-refractivity contribution in [3.8, 4) is 16.9 Å². The highest BCUT2D eigenvalue weighted by atomic mass is 32.1. The highest BCUT2D eigenvalue weighted by Crippen LogP contribution is 2.47. The van der Waals surface area contributed by atoms with Gasteiger partial charge < -0.3 is 9.47 Å². The van der Waals surface area contributed by atoms with E-state index in [1.54, 1.807) is 55.5 Å². The minimum Gasteiger partial charge on any atom is -0.462 e. The normalized spacial score (nSPS) is 11.5. The minimum atomic E-state index is -4.59. The highest BCUT2D eigenvalue weighted by Gasteiger charge is 2.37. The van der Waals surface area contributed by atoms with E-state index in [2.05, 4.69) is 13.2 Å². The number of carbonyl (C=O) groups excluding carboxylic acids is 2. The van der Waals surface area contributed by atoms with Gasteiger partial charge in [-0.15, -0.1) is 11.3 Å². The fourth-order valence-electron chi connectivity index (χ4n) is 4.02. The Balaban J connectivity index is 1.65. The SMILES string of the molecule is C=C(C)C(=O)OCCCc1ccc(-c2ccc3c(sc4cc(OC(=O)C(=C)C)ccc43)c2C(F)(F)F)cc1. The van der Waals surface area contributed by atoms with Gasteiger partial charge in [0, 0.05) is 31.3 Å². The second-order valence-corrected chi connectivity index (χ2v) is 10.1. The molecule has 0 radical (unpaired) electrons. The molecule has 0 fully saturated rings. The number of benzene rings is 3. The zero-order chi connectivity index (χ0) is 27.6. The van der Waals surface area contributed by atoms with Crippen LogP contribution in [0.1, 0.15) is 31.4 Å². The van der Waals surface area contributed by atoms with Gasteiger partial charge in [-0.2, -0.15) is 13.2 Å². The zero-order valence-electron chi connectivity index (χ0n) is 20.9. The Hall–Kier alpha value is -3.91. The van der Waals surface area contributed by atoms with E-state index in [-0.39, 0.29) is 28.2 Å². The summed E-state index contributed by atoms with van der Waals surface area (Å²) in [7, 11) is 0. The molecule has 0 atom stereocenters. The number of hydrogen-bond donors (Lipinski definition) is 0. The standard InChI is InChI=1S/C30H25F3O4S/c1-17(2)28(34)36-15-5-6-19-7-9-20(10-8-19)22-13-14-24-23-12-11-21(37-29(35)18(3)4)16-25(23)38-27(24)26(22)30(31,32)33/h7-14,16H,1,3,5-6,15H2,2,4H3. The molecule has 1 heterocycles. The molecule has 0 aliphatic heterocycles. The average Bonchev–Trinajstić information content (AvgIpc) is 3.23. The molecule has 0 aliphatic rings. The number of aryl methyl sites for hydroxylation is 1. The van der Waals surface area contributed by atoms with Gasteiger partial charge in [-0.1, -0.05) is 49.6 Å². The van der Waals surface area contributed by atoms with E-state index in [1.165, 1.54) is 13.0 Å². The number of halogens is 3. The number of esters is 2. The van der Waals surface area contributed by atoms with E-state index < -0.39 is 23.7 Å². The number of alkyl halides is 3. The van der Waals surface area contributed by atoms with Crippen LogP contribution in [0, 0.1) is 0 Å². The number of carbonyl (C=O) groups is 2. The van der Waals surface area contributed by atoms with Gasteiger partial charge in [0.1, 0.15) is 5.75 Å². The maximum Gasteiger partial charge on any atom is 0.418 e. The van der Waals surface area contributed by atoms with Crippen molar-refractivity contribution in [1.82, 2.24) is 0 Å². The Bertz CT molecular complexity index is 1560. The van der Waals surface area contributed by atoms with Crippen LogP contribution in [0.2, 0.25) is 0 Å². The van der Waals surface area contributed by atoms with E-state index >= 15 is 0 Å². The Kier molecular flexibility index (Phi) is 7.73. The lowest BCUT2D eigenvalue weighted by Gasteiger charge is -2.15. The van der Waals surface area contributed by atoms with Crippen molar-refractivity contribution in [3.63, 3.8) is 0 Å². The molecule has 8 heteroatoms. The molecule has 38 heavy (non-hydrogen) atoms. The Morgan fingerprint density at radius 2 is 1.55 bits per heavy atom. The van der Waals surface area contributed by atoms with Gasteiger partial charge in [0.25, 0.3) is 0 Å². The molecule has 196 valence electrons. The van der Waals surface area contributed by atoms with E-state index in [9.17, 15) is 22.8 Å². The summed E-state index contributed by atoms with van der Waals surface area (Å²) >= 11 is 1.01. The van der Waals surface area contributed by atoms with Gasteiger partial charge in [0.15, 0.2) is 0 Å². The molecule has 0 amide bonds. The second kappa shape index (κ2) is 10.8. The summed E-state index contributed by atoms with van der Waals surface area (Å²) in [4.78, 5) is 23.3. The summed E-state index contributed by atoms with van der Waals surface area (Å²) < 4.78 is 54.3. The van der Waals surface area contributed by atoms with Crippen LogP contribution in [0.5, 0.6) is 5.75 Å². The average molecular weight is 539 g/mol. The number of rotatable bonds is 8. The van der Waals surface area contributed by atoms with Gasteiger partial charge in [-0.3, -0.25) is 0 Å². The molecule has 4 aromatic rings. The molecule has 0 aliphatic carbocycles. The lowest BCUT2D eigenvalue weighted by atomic mass is 9.95. The number of thiophene rings is 1. The predicted molar refractivity (Wildman–Crippen MR) is 144 cm³/mol. The third-order valence-corrected chi connectivity index (χ3v) is 7.10. The molecule has 0 N–H and O–H groups in total. The predicted octanol–water partition coefficient (Wildman–Crippen LogP) is 8.27. The first kappa shape index (κ1) is 27.1. The van der Waals surface area contributed by atoms with E-state index in [4.69, 9.17) is 9.47 Å². The second-order valence-electron chi connectivity index (χ2n) is 9.01. The van der Waals surface area contributed by atoms with Gasteiger partial charge in [-0.25, -0.2) is 9.59 Å². The summed E-state index contributed by atoms with van der Waals surface area (Å²) in [5.74, 6) is -0.795. The number of hydrogen-bond acceptors (Lipinski definition) is 5. The van der Waals surface area contributed by atoms with Crippen LogP contribution in [-0.2, 0) is 26.9 Å². The fraction of sp³-hybridized carbons (Fsp3) is 0.200. The Labute approximate surface area is 222 Å². The van der Waals surface area contributed by atoms with Gasteiger partial charge in [-0.05, 0) is 61.6 Å². The fourth-order valence-corrected chi connectivity index (χ4v) is 5.31. The van der Waals surface area contributed by atoms with Crippen molar-refractivity contribution >= 4 is 43.4 Å². The summed E-state index contributed by atoms with van der Waals surface area (Å²) in [6, 6.07) is 14.9. The van der Waals surface area contributed by atoms with Crippen LogP contribution in [0.4, 0.5) is 13.2 Å². The molecule has 0 spiro atoms. The van der Waals surface area contributed by atoms with Crippen molar-refractivity contribution < 1.29 is 32.2 Å². The summed E-state index contributed by atoms with van der Waals surface area (Å²) in [5.41, 5.74) is 1.32. The van der Waals surface area contributed by atoms with Crippen molar-refractivity contribution in [2.24, 2.45) is 0 Å². The van der Waals surface area contributed by atoms with Crippen molar-refractivity contribution in [2.45, 2.75) is 32.9 Å². The van der Waals surface area contributed by atoms with Crippen LogP contribution >= 0.6 is 11.3 Å². The lowest BCUT2D eigenvalue weighted by molar-refractivity contribution is -0.139. The quantitative estimate of drug-likeness (QED) is 0.0981. The Morgan fingerprint density at radius 3 is 2.18 bits per heavy atom. The first-order valence-electron chi connectivity index (χ1n) is 11.8. The number of ether oxygens (including phenoxy) is 2. The molecule has 0 saturated heterocycles. The van der Waals surface area contributed by atoms with Crippen LogP contribution in [0.25, 0.3) is 31.3 Å². The molecule has 4 nitrogen and oxygen atoms in total. The smallest absolute Gasteiger partial charge is 0.418 e. The van der Waals surface area contributed by atoms with E-state index in [0.29, 0.717) is 39.5 Å². The van der Waals surface area contributed by atoms with Crippen molar-refractivity contribution in [3.05, 3.63) is 90.0 Å². The maximum atomic E-state index is 14.4. The maximum absolute atomic E-state index is 14.4. The highest BCUT2D eigenvalue weighted by molar-refractivity contribution is 7.26. The van der Waals surface area contributed by atoms with Crippen molar-refractivity contribution in [2.75, 3.05) is 6.61 Å². The minimum absolute atomic E-state index is 0.0902. The number of fused-ring (bicyclic) bond motifs is 3. The summed E-state index contributed by atoms with van der Waals surface area (Å²) in [6.45, 7) is 10.4. The first-order valence-corrected chi connectivity index (χ1v) is 12.6. The van der Waals surface area contributed by atoms with Gasteiger partial charge in [0.2, 0.25) is 0 Å². The first-order chi connectivity index (χ1) is 18.0. The van der Waals surface area contributed by atoms with E-state index in [1.807, 2.05) is 0 Å². The zero-order valence-corrected chi connectivity index (χ0v) is 21.7. The molecule has 3 aromatic carbocycles. The lowest BCUT2D eigenvalue weighted by Crippen LogP contribution is -2.07. The third kappa shape index (κ3) is 5.81. The van der Waals surface area contributed by atoms with E-state index in [0.717, 1.165) is 16.9 Å². The monoisotopic (exact) mass is 538 g/mol. The molecule has 0 unspecified atom stereocenters.